The van der Waals surface area contributed by atoms with Crippen LogP contribution in [0.4, 0.5) is 0 Å². The van der Waals surface area contributed by atoms with Crippen molar-refractivity contribution in [2.24, 2.45) is 0 Å². The molecule has 4 nitrogen and oxygen atoms in total. The lowest BCUT2D eigenvalue weighted by Gasteiger charge is -1.97. The second-order valence-electron chi connectivity index (χ2n) is 2.68. The van der Waals surface area contributed by atoms with Crippen molar-refractivity contribution in [3.63, 3.8) is 0 Å². The van der Waals surface area contributed by atoms with Crippen LogP contribution in [0.2, 0.25) is 5.02 Å². The Balaban J connectivity index is 2.50. The molecule has 2 aromatic rings. The van der Waals surface area contributed by atoms with Crippen LogP contribution in [-0.4, -0.2) is 15.2 Å². The van der Waals surface area contributed by atoms with Crippen LogP contribution in [0.25, 0.3) is 11.3 Å². The number of nitrogens with one attached hydrogen (secondary N) is 1. The van der Waals surface area contributed by atoms with Gasteiger partial charge in [-0.3, -0.25) is 0 Å². The molecule has 0 aliphatic carbocycles. The molecule has 1 aromatic carbocycles. The molecule has 0 spiro atoms. The maximum atomic E-state index is 10.9. The largest absolute Gasteiger partial charge is 0.361 e. The van der Waals surface area contributed by atoms with E-state index in [1.807, 2.05) is 0 Å². The van der Waals surface area contributed by atoms with Crippen molar-refractivity contribution in [1.82, 2.24) is 15.2 Å². The van der Waals surface area contributed by atoms with Gasteiger partial charge in [0.1, 0.15) is 0 Å². The number of benzene rings is 1. The van der Waals surface area contributed by atoms with Gasteiger partial charge in [-0.05, 0) is 12.1 Å². The highest BCUT2D eigenvalue weighted by Crippen LogP contribution is 2.17. The lowest BCUT2D eigenvalue weighted by Crippen LogP contribution is -2.11. The zero-order valence-electron chi connectivity index (χ0n) is 7.07. The summed E-state index contributed by atoms with van der Waals surface area (Å²) < 4.78 is 0. The predicted molar refractivity (Wildman–Crippen MR) is 53.1 cm³/mol. The van der Waals surface area contributed by atoms with E-state index in [1.165, 1.54) is 6.20 Å². The zero-order valence-corrected chi connectivity index (χ0v) is 7.82. The Kier molecular flexibility index (Phi) is 2.28. The van der Waals surface area contributed by atoms with Crippen LogP contribution in [-0.2, 0) is 0 Å². The van der Waals surface area contributed by atoms with Gasteiger partial charge in [0, 0.05) is 10.6 Å². The van der Waals surface area contributed by atoms with E-state index in [2.05, 4.69) is 15.2 Å². The first kappa shape index (κ1) is 8.90. The molecule has 0 amide bonds. The van der Waals surface area contributed by atoms with Crippen LogP contribution >= 0.6 is 11.6 Å². The smallest absolute Gasteiger partial charge is 0.244 e. The van der Waals surface area contributed by atoms with Crippen molar-refractivity contribution < 1.29 is 0 Å². The van der Waals surface area contributed by atoms with Crippen molar-refractivity contribution in [1.29, 1.82) is 0 Å². The summed E-state index contributed by atoms with van der Waals surface area (Å²) in [7, 11) is 0. The van der Waals surface area contributed by atoms with Gasteiger partial charge in [-0.25, -0.2) is 9.89 Å². The molecule has 0 saturated heterocycles. The third-order valence-electron chi connectivity index (χ3n) is 1.71. The summed E-state index contributed by atoms with van der Waals surface area (Å²) in [6, 6.07) is 7.04. The van der Waals surface area contributed by atoms with Crippen LogP contribution in [0.1, 0.15) is 0 Å². The van der Waals surface area contributed by atoms with Crippen LogP contribution in [0.15, 0.2) is 35.3 Å². The minimum Gasteiger partial charge on any atom is -0.244 e. The summed E-state index contributed by atoms with van der Waals surface area (Å²) >= 11 is 5.73. The van der Waals surface area contributed by atoms with Crippen molar-refractivity contribution >= 4 is 11.6 Å². The average molecular weight is 208 g/mol. The van der Waals surface area contributed by atoms with E-state index >= 15 is 0 Å². The maximum absolute atomic E-state index is 10.9. The van der Waals surface area contributed by atoms with E-state index in [1.54, 1.807) is 24.3 Å². The van der Waals surface area contributed by atoms with Gasteiger partial charge >= 0.3 is 5.69 Å². The molecule has 0 bridgehead atoms. The van der Waals surface area contributed by atoms with Gasteiger partial charge in [0.15, 0.2) is 0 Å². The van der Waals surface area contributed by atoms with Gasteiger partial charge in [0.2, 0.25) is 0 Å². The van der Waals surface area contributed by atoms with E-state index in [0.717, 1.165) is 5.56 Å². The predicted octanol–water partition coefficient (Wildman–Crippen LogP) is 1.49. The zero-order chi connectivity index (χ0) is 9.97. The Hall–Kier alpha value is -1.68. The summed E-state index contributed by atoms with van der Waals surface area (Å²) in [5.41, 5.74) is 0.885. The molecule has 0 radical (unpaired) electrons. The summed E-state index contributed by atoms with van der Waals surface area (Å²) in [5, 5.41) is 6.51. The molecule has 0 saturated carbocycles. The van der Waals surface area contributed by atoms with E-state index in [9.17, 15) is 4.79 Å². The Morgan fingerprint density at radius 1 is 1.21 bits per heavy atom. The van der Waals surface area contributed by atoms with Crippen molar-refractivity contribution in [2.45, 2.75) is 0 Å². The molecule has 0 aliphatic heterocycles. The van der Waals surface area contributed by atoms with Crippen LogP contribution < -0.4 is 5.69 Å². The van der Waals surface area contributed by atoms with E-state index in [4.69, 9.17) is 11.6 Å². The quantitative estimate of drug-likeness (QED) is 0.771. The standard InChI is InChI=1S/C9H6ClN3O/c10-7-3-1-6(2-4-7)8-5-11-13-9(14)12-8/h1-5H,(H,12,13,14). The number of rotatable bonds is 1. The molecule has 1 N–H and O–H groups in total. The summed E-state index contributed by atoms with van der Waals surface area (Å²) in [5.74, 6) is 0. The highest BCUT2D eigenvalue weighted by molar-refractivity contribution is 6.30. The van der Waals surface area contributed by atoms with Gasteiger partial charge in [0.05, 0.1) is 11.9 Å². The van der Waals surface area contributed by atoms with Crippen molar-refractivity contribution in [3.8, 4) is 11.3 Å². The number of halogens is 1. The van der Waals surface area contributed by atoms with Gasteiger partial charge in [0.25, 0.3) is 0 Å². The van der Waals surface area contributed by atoms with Crippen molar-refractivity contribution in [2.75, 3.05) is 0 Å². The minimum absolute atomic E-state index is 0.461. The molecule has 14 heavy (non-hydrogen) atoms. The van der Waals surface area contributed by atoms with E-state index < -0.39 is 5.69 Å². The first-order valence-corrected chi connectivity index (χ1v) is 4.31. The summed E-state index contributed by atoms with van der Waals surface area (Å²) in [6.45, 7) is 0. The molecule has 1 heterocycles. The fourth-order valence-corrected chi connectivity index (χ4v) is 1.20. The van der Waals surface area contributed by atoms with Gasteiger partial charge < -0.3 is 0 Å². The lowest BCUT2D eigenvalue weighted by atomic mass is 10.2. The monoisotopic (exact) mass is 207 g/mol. The normalized spacial score (nSPS) is 10.1. The fraction of sp³-hybridized carbons (Fsp3) is 0. The van der Waals surface area contributed by atoms with Crippen LogP contribution in [0, 0.1) is 0 Å². The minimum atomic E-state index is -0.461. The van der Waals surface area contributed by atoms with Crippen molar-refractivity contribution in [3.05, 3.63) is 46.0 Å². The number of nitrogens with zero attached hydrogens (tertiary/aromatic N) is 2. The highest BCUT2D eigenvalue weighted by atomic mass is 35.5. The topological polar surface area (TPSA) is 58.6 Å². The summed E-state index contributed by atoms with van der Waals surface area (Å²) in [6.07, 6.45) is 1.49. The van der Waals surface area contributed by atoms with Gasteiger partial charge in [-0.2, -0.15) is 10.1 Å². The van der Waals surface area contributed by atoms with Gasteiger partial charge in [-0.15, -0.1) is 0 Å². The third-order valence-corrected chi connectivity index (χ3v) is 1.96. The molecular formula is C9H6ClN3O. The Morgan fingerprint density at radius 3 is 2.57 bits per heavy atom. The summed E-state index contributed by atoms with van der Waals surface area (Å²) in [4.78, 5) is 14.6. The SMILES string of the molecule is O=c1nc(-c2ccc(Cl)cc2)cn[nH]1. The Bertz CT molecular complexity index is 492. The average Bonchev–Trinajstić information content (AvgIpc) is 2.19. The fourth-order valence-electron chi connectivity index (χ4n) is 1.07. The molecule has 2 rings (SSSR count). The second-order valence-corrected chi connectivity index (χ2v) is 3.12. The molecule has 0 unspecified atom stereocenters. The van der Waals surface area contributed by atoms with Gasteiger partial charge in [-0.1, -0.05) is 23.7 Å². The Labute approximate surface area is 84.6 Å². The second kappa shape index (κ2) is 3.59. The van der Waals surface area contributed by atoms with Crippen LogP contribution in [0.3, 0.4) is 0 Å². The maximum Gasteiger partial charge on any atom is 0.361 e. The lowest BCUT2D eigenvalue weighted by molar-refractivity contribution is 0.919. The molecular weight excluding hydrogens is 202 g/mol. The molecule has 0 atom stereocenters. The first-order valence-electron chi connectivity index (χ1n) is 3.93. The highest BCUT2D eigenvalue weighted by Gasteiger charge is 1.99. The molecule has 1 aromatic heterocycles. The van der Waals surface area contributed by atoms with E-state index in [0.29, 0.717) is 10.7 Å². The Morgan fingerprint density at radius 2 is 1.93 bits per heavy atom. The first-order chi connectivity index (χ1) is 6.75. The number of aromatic amines is 1. The number of hydrogen-bond acceptors (Lipinski definition) is 3. The number of H-pyrrole nitrogens is 1. The molecule has 0 fully saturated rings. The number of aromatic nitrogens is 3. The molecule has 70 valence electrons. The van der Waals surface area contributed by atoms with E-state index in [-0.39, 0.29) is 0 Å². The molecule has 0 aliphatic rings. The third kappa shape index (κ3) is 1.80. The molecule has 5 heteroatoms. The number of hydrogen-bond donors (Lipinski definition) is 1. The van der Waals surface area contributed by atoms with Crippen LogP contribution in [0.5, 0.6) is 0 Å².